The van der Waals surface area contributed by atoms with Gasteiger partial charge in [0.15, 0.2) is 0 Å². The van der Waals surface area contributed by atoms with Crippen LogP contribution in [0.5, 0.6) is 5.75 Å². The summed E-state index contributed by atoms with van der Waals surface area (Å²) in [6.45, 7) is 12.1. The van der Waals surface area contributed by atoms with E-state index in [4.69, 9.17) is 9.47 Å². The molecular formula is C33H50N4O5. The molecule has 232 valence electrons. The van der Waals surface area contributed by atoms with Gasteiger partial charge >= 0.3 is 6.03 Å². The van der Waals surface area contributed by atoms with Crippen molar-refractivity contribution in [1.29, 1.82) is 0 Å². The Bertz CT molecular complexity index is 1130. The van der Waals surface area contributed by atoms with Gasteiger partial charge in [-0.1, -0.05) is 37.3 Å². The molecular weight excluding hydrogens is 532 g/mol. The third-order valence-corrected chi connectivity index (χ3v) is 7.52. The highest BCUT2D eigenvalue weighted by atomic mass is 16.5. The fraction of sp³-hybridized carbons (Fsp3) is 0.576. The molecule has 9 heteroatoms. The normalized spacial score (nSPS) is 21.3. The summed E-state index contributed by atoms with van der Waals surface area (Å²) in [5.74, 6) is 0.204. The molecule has 4 atom stereocenters. The minimum Gasteiger partial charge on any atom is -0.490 e. The van der Waals surface area contributed by atoms with E-state index in [9.17, 15) is 14.7 Å². The molecule has 3 N–H and O–H groups in total. The van der Waals surface area contributed by atoms with Crippen LogP contribution in [0.4, 0.5) is 10.5 Å². The first-order valence-corrected chi connectivity index (χ1v) is 15.2. The molecule has 1 heterocycles. The number of benzene rings is 2. The molecule has 0 spiro atoms. The van der Waals surface area contributed by atoms with Gasteiger partial charge in [0.2, 0.25) is 0 Å². The van der Waals surface area contributed by atoms with Crippen LogP contribution in [0, 0.1) is 5.92 Å². The Morgan fingerprint density at radius 1 is 1.12 bits per heavy atom. The van der Waals surface area contributed by atoms with Crippen molar-refractivity contribution in [2.45, 2.75) is 84.7 Å². The van der Waals surface area contributed by atoms with Crippen LogP contribution in [0.25, 0.3) is 0 Å². The molecule has 2 aromatic carbocycles. The maximum absolute atomic E-state index is 14.2. The van der Waals surface area contributed by atoms with Crippen LogP contribution in [-0.4, -0.2) is 84.5 Å². The number of urea groups is 1. The maximum atomic E-state index is 14.2. The molecule has 0 bridgehead atoms. The Hall–Kier alpha value is -3.14. The number of nitrogens with zero attached hydrogens (tertiary/aromatic N) is 2. The number of hydrogen-bond donors (Lipinski definition) is 3. The molecule has 0 saturated heterocycles. The van der Waals surface area contributed by atoms with Crippen LogP contribution in [0.3, 0.4) is 0 Å². The van der Waals surface area contributed by atoms with Gasteiger partial charge in [0.1, 0.15) is 5.75 Å². The first kappa shape index (κ1) is 33.4. The second-order valence-corrected chi connectivity index (χ2v) is 11.9. The molecule has 0 aliphatic carbocycles. The Labute approximate surface area is 251 Å². The summed E-state index contributed by atoms with van der Waals surface area (Å²) in [5, 5.41) is 15.8. The van der Waals surface area contributed by atoms with Gasteiger partial charge in [-0.2, -0.15) is 0 Å². The lowest BCUT2D eigenvalue weighted by molar-refractivity contribution is -0.0177. The molecule has 0 aromatic heterocycles. The van der Waals surface area contributed by atoms with Crippen LogP contribution < -0.4 is 15.4 Å². The molecule has 42 heavy (non-hydrogen) atoms. The first-order chi connectivity index (χ1) is 20.1. The summed E-state index contributed by atoms with van der Waals surface area (Å²) >= 11 is 0. The lowest BCUT2D eigenvalue weighted by Crippen LogP contribution is -2.47. The highest BCUT2D eigenvalue weighted by molar-refractivity contribution is 5.99. The summed E-state index contributed by atoms with van der Waals surface area (Å²) in [5.41, 5.74) is 2.08. The summed E-state index contributed by atoms with van der Waals surface area (Å²) in [4.78, 5) is 30.6. The molecule has 3 rings (SSSR count). The quantitative estimate of drug-likeness (QED) is 0.398. The number of ether oxygens (including phenoxy) is 2. The van der Waals surface area contributed by atoms with Gasteiger partial charge in [-0.15, -0.1) is 0 Å². The van der Waals surface area contributed by atoms with Crippen molar-refractivity contribution < 1.29 is 24.2 Å². The van der Waals surface area contributed by atoms with E-state index in [2.05, 4.69) is 41.6 Å². The second-order valence-electron chi connectivity index (χ2n) is 11.9. The lowest BCUT2D eigenvalue weighted by atomic mass is 10.0. The molecule has 0 saturated carbocycles. The molecule has 1 aliphatic heterocycles. The number of carbonyl (C=O) groups is 2. The largest absolute Gasteiger partial charge is 0.490 e. The zero-order chi connectivity index (χ0) is 30.6. The number of carbonyl (C=O) groups excluding carboxylic acids is 2. The van der Waals surface area contributed by atoms with Crippen LogP contribution in [0.2, 0.25) is 0 Å². The molecule has 0 radical (unpaired) electrons. The minimum atomic E-state index is -0.429. The number of anilines is 1. The second kappa shape index (κ2) is 16.5. The van der Waals surface area contributed by atoms with E-state index in [1.165, 1.54) is 5.56 Å². The monoisotopic (exact) mass is 582 g/mol. The fourth-order valence-corrected chi connectivity index (χ4v) is 5.16. The van der Waals surface area contributed by atoms with Crippen molar-refractivity contribution in [2.24, 2.45) is 5.92 Å². The lowest BCUT2D eigenvalue weighted by Gasteiger charge is -2.36. The molecule has 0 fully saturated rings. The van der Waals surface area contributed by atoms with E-state index < -0.39 is 6.04 Å². The predicted molar refractivity (Wildman–Crippen MR) is 167 cm³/mol. The zero-order valence-electron chi connectivity index (χ0n) is 26.1. The zero-order valence-corrected chi connectivity index (χ0v) is 26.1. The number of nitrogens with one attached hydrogen (secondary N) is 2. The van der Waals surface area contributed by atoms with Gasteiger partial charge in [-0.25, -0.2) is 4.79 Å². The van der Waals surface area contributed by atoms with Crippen molar-refractivity contribution in [3.05, 3.63) is 59.7 Å². The van der Waals surface area contributed by atoms with E-state index in [1.807, 2.05) is 45.9 Å². The van der Waals surface area contributed by atoms with Crippen molar-refractivity contribution in [2.75, 3.05) is 38.7 Å². The molecule has 0 unspecified atom stereocenters. The first-order valence-electron chi connectivity index (χ1n) is 15.2. The summed E-state index contributed by atoms with van der Waals surface area (Å²) in [6.07, 6.45) is 2.45. The van der Waals surface area contributed by atoms with E-state index >= 15 is 0 Å². The Balaban J connectivity index is 1.90. The van der Waals surface area contributed by atoms with Gasteiger partial charge in [0.05, 0.1) is 30.4 Å². The Morgan fingerprint density at radius 2 is 1.86 bits per heavy atom. The van der Waals surface area contributed by atoms with Gasteiger partial charge in [-0.3, -0.25) is 9.69 Å². The number of rotatable bonds is 8. The average Bonchev–Trinajstić information content (AvgIpc) is 2.94. The highest BCUT2D eigenvalue weighted by Crippen LogP contribution is 2.28. The Kier molecular flexibility index (Phi) is 13.1. The SMILES string of the molecule is CC(C)NC(=O)Nc1ccc2c(c1)C(=O)N([C@@H](C)CO)C[C@H](C)[C@@H](CN(C)Cc1ccccc1)OCCCC[C@H](C)O2. The molecule has 1 aliphatic rings. The van der Waals surface area contributed by atoms with E-state index in [0.29, 0.717) is 36.7 Å². The highest BCUT2D eigenvalue weighted by Gasteiger charge is 2.30. The van der Waals surface area contributed by atoms with Crippen molar-refractivity contribution >= 4 is 17.6 Å². The number of amides is 3. The van der Waals surface area contributed by atoms with Gasteiger partial charge in [0.25, 0.3) is 5.91 Å². The smallest absolute Gasteiger partial charge is 0.319 e. The average molecular weight is 583 g/mol. The number of aliphatic hydroxyl groups excluding tert-OH is 1. The van der Waals surface area contributed by atoms with Crippen LogP contribution in [-0.2, 0) is 11.3 Å². The third-order valence-electron chi connectivity index (χ3n) is 7.52. The van der Waals surface area contributed by atoms with Crippen molar-refractivity contribution in [3.63, 3.8) is 0 Å². The number of fused-ring (bicyclic) bond motifs is 1. The number of likely N-dealkylation sites (N-methyl/N-ethyl adjacent to an activating group) is 1. The molecule has 3 amide bonds. The molecule has 9 nitrogen and oxygen atoms in total. The minimum absolute atomic E-state index is 0.00877. The summed E-state index contributed by atoms with van der Waals surface area (Å²) in [7, 11) is 2.09. The van der Waals surface area contributed by atoms with Crippen molar-refractivity contribution in [1.82, 2.24) is 15.1 Å². The van der Waals surface area contributed by atoms with Gasteiger partial charge in [0, 0.05) is 43.9 Å². The van der Waals surface area contributed by atoms with E-state index in [-0.39, 0.29) is 42.7 Å². The molecule has 2 aromatic rings. The standard InChI is InChI=1S/C33H50N4O5/c1-23(2)34-33(40)35-28-15-16-30-29(18-28)32(39)37(25(4)22-38)19-24(3)31(41-17-11-10-12-26(5)42-30)21-36(6)20-27-13-8-7-9-14-27/h7-9,13-16,18,23-26,31,38H,10-12,17,19-22H2,1-6H3,(H2,34,35,40)/t24-,25-,26-,31+/m0/s1. The summed E-state index contributed by atoms with van der Waals surface area (Å²) < 4.78 is 12.7. The van der Waals surface area contributed by atoms with Crippen molar-refractivity contribution in [3.8, 4) is 5.75 Å². The van der Waals surface area contributed by atoms with E-state index in [1.54, 1.807) is 23.1 Å². The number of aliphatic hydroxyl groups is 1. The Morgan fingerprint density at radius 3 is 2.55 bits per heavy atom. The number of hydrogen-bond acceptors (Lipinski definition) is 6. The van der Waals surface area contributed by atoms with Crippen LogP contribution in [0.1, 0.15) is 69.8 Å². The third kappa shape index (κ3) is 10.3. The van der Waals surface area contributed by atoms with Crippen LogP contribution in [0.15, 0.2) is 48.5 Å². The topological polar surface area (TPSA) is 103 Å². The predicted octanol–water partition coefficient (Wildman–Crippen LogP) is 5.14. The fourth-order valence-electron chi connectivity index (χ4n) is 5.16. The van der Waals surface area contributed by atoms with Gasteiger partial charge in [-0.05, 0) is 77.8 Å². The summed E-state index contributed by atoms with van der Waals surface area (Å²) in [6, 6.07) is 14.7. The van der Waals surface area contributed by atoms with Crippen LogP contribution >= 0.6 is 0 Å². The van der Waals surface area contributed by atoms with E-state index in [0.717, 1.165) is 25.8 Å². The maximum Gasteiger partial charge on any atom is 0.319 e. The van der Waals surface area contributed by atoms with Gasteiger partial charge < -0.3 is 30.1 Å².